The predicted octanol–water partition coefficient (Wildman–Crippen LogP) is 4.41. The van der Waals surface area contributed by atoms with Crippen molar-refractivity contribution in [1.82, 2.24) is 30.4 Å². The maximum atomic E-state index is 12.2. The minimum Gasteiger partial charge on any atom is -0.300 e. The van der Waals surface area contributed by atoms with Crippen LogP contribution in [0.15, 0.2) is 36.7 Å². The van der Waals surface area contributed by atoms with Gasteiger partial charge in [-0.25, -0.2) is 9.97 Å². The molecule has 0 aromatic carbocycles. The van der Waals surface area contributed by atoms with Crippen LogP contribution < -0.4 is 10.6 Å². The fourth-order valence-electron chi connectivity index (χ4n) is 3.08. The molecule has 4 heterocycles. The molecular weight excluding hydrogens is 543 g/mol. The molecule has 0 unspecified atom stereocenters. The lowest BCUT2D eigenvalue weighted by atomic mass is 10.2. The molecule has 0 saturated heterocycles. The van der Waals surface area contributed by atoms with Gasteiger partial charge in [0.1, 0.15) is 20.3 Å². The molecule has 10 nitrogen and oxygen atoms in total. The Hall–Kier alpha value is -3.06. The summed E-state index contributed by atoms with van der Waals surface area (Å²) < 4.78 is 0. The number of nitrogens with one attached hydrogen (secondary N) is 2. The number of nitrogens with zero attached hydrogens (tertiary/aromatic N) is 6. The zero-order valence-corrected chi connectivity index (χ0v) is 21.9. The molecule has 0 aliphatic rings. The Bertz CT molecular complexity index is 1210. The van der Waals surface area contributed by atoms with E-state index in [-0.39, 0.29) is 24.7 Å². The summed E-state index contributed by atoms with van der Waals surface area (Å²) in [5.41, 5.74) is 1.53. The summed E-state index contributed by atoms with van der Waals surface area (Å²) in [6.07, 6.45) is 6.75. The summed E-state index contributed by atoms with van der Waals surface area (Å²) in [4.78, 5) is 32.3. The highest BCUT2D eigenvalue weighted by Crippen LogP contribution is 2.20. The van der Waals surface area contributed by atoms with Crippen molar-refractivity contribution < 1.29 is 9.59 Å². The van der Waals surface area contributed by atoms with E-state index in [4.69, 9.17) is 23.2 Å². The lowest BCUT2D eigenvalue weighted by Crippen LogP contribution is -2.14. The van der Waals surface area contributed by atoms with Crippen molar-refractivity contribution in [1.29, 1.82) is 0 Å². The van der Waals surface area contributed by atoms with Gasteiger partial charge in [-0.3, -0.25) is 9.59 Å². The van der Waals surface area contributed by atoms with E-state index in [9.17, 15) is 9.59 Å². The van der Waals surface area contributed by atoms with Gasteiger partial charge in [-0.05, 0) is 36.1 Å². The average Bonchev–Trinajstić information content (AvgIpc) is 3.49. The molecule has 0 saturated carbocycles. The highest BCUT2D eigenvalue weighted by molar-refractivity contribution is 7.15. The van der Waals surface area contributed by atoms with Gasteiger partial charge in [0.2, 0.25) is 22.1 Å². The van der Waals surface area contributed by atoms with Crippen LogP contribution in [0.25, 0.3) is 0 Å². The van der Waals surface area contributed by atoms with E-state index < -0.39 is 0 Å². The van der Waals surface area contributed by atoms with Crippen molar-refractivity contribution in [2.75, 3.05) is 10.6 Å². The second-order valence-electron chi connectivity index (χ2n) is 7.64. The van der Waals surface area contributed by atoms with E-state index in [2.05, 4.69) is 41.0 Å². The average molecular weight is 563 g/mol. The summed E-state index contributed by atoms with van der Waals surface area (Å²) in [6, 6.07) is 6.81. The fraction of sp³-hybridized carbons (Fsp3) is 0.273. The zero-order valence-electron chi connectivity index (χ0n) is 18.8. The first-order valence-electron chi connectivity index (χ1n) is 10.9. The lowest BCUT2D eigenvalue weighted by Gasteiger charge is -2.01. The second kappa shape index (κ2) is 12.8. The predicted molar refractivity (Wildman–Crippen MR) is 140 cm³/mol. The first-order valence-corrected chi connectivity index (χ1v) is 13.3. The van der Waals surface area contributed by atoms with Gasteiger partial charge in [-0.1, -0.05) is 58.0 Å². The largest absolute Gasteiger partial charge is 0.300 e. The zero-order chi connectivity index (χ0) is 25.3. The Balaban J connectivity index is 1.15. The van der Waals surface area contributed by atoms with Crippen LogP contribution in [-0.4, -0.2) is 42.2 Å². The summed E-state index contributed by atoms with van der Waals surface area (Å²) in [6.45, 7) is 0. The molecule has 0 radical (unpaired) electrons. The number of anilines is 2. The maximum absolute atomic E-state index is 12.2. The Labute approximate surface area is 224 Å². The molecule has 0 spiro atoms. The molecule has 4 aromatic heterocycles. The van der Waals surface area contributed by atoms with Gasteiger partial charge in [0.15, 0.2) is 0 Å². The van der Waals surface area contributed by atoms with Crippen molar-refractivity contribution in [3.8, 4) is 0 Å². The number of unbranched alkanes of at least 4 members (excludes halogenated alkanes) is 1. The molecule has 36 heavy (non-hydrogen) atoms. The van der Waals surface area contributed by atoms with Crippen LogP contribution in [-0.2, 0) is 35.3 Å². The van der Waals surface area contributed by atoms with Crippen molar-refractivity contribution in [3.63, 3.8) is 0 Å². The number of aromatic nitrogens is 6. The van der Waals surface area contributed by atoms with Gasteiger partial charge in [0.25, 0.3) is 0 Å². The van der Waals surface area contributed by atoms with Crippen LogP contribution in [0, 0.1) is 0 Å². The molecular formula is C22H20Cl2N8O2S2. The van der Waals surface area contributed by atoms with Crippen molar-refractivity contribution >= 4 is 68.0 Å². The molecule has 4 rings (SSSR count). The fourth-order valence-corrected chi connectivity index (χ4v) is 4.90. The summed E-state index contributed by atoms with van der Waals surface area (Å²) >= 11 is 14.2. The molecule has 0 fully saturated rings. The number of carbonyl (C=O) groups is 2. The molecule has 0 bridgehead atoms. The number of halogens is 2. The van der Waals surface area contributed by atoms with E-state index in [1.54, 1.807) is 36.7 Å². The van der Waals surface area contributed by atoms with Crippen molar-refractivity contribution in [2.45, 2.75) is 38.5 Å². The standard InChI is InChI=1S/C22H20Cl2N8O2S2/c23-15-7-5-13(11-25-15)9-17(33)27-21-31-29-19(35-21)3-1-2-4-20-30-32-22(36-20)28-18(34)10-14-6-8-16(24)26-12-14/h5-8,11-12H,1-4,9-10H2,(H,27,31,33)(H,28,32,34). The molecule has 0 aliphatic carbocycles. The Morgan fingerprint density at radius 1 is 0.694 bits per heavy atom. The first-order chi connectivity index (χ1) is 17.4. The van der Waals surface area contributed by atoms with Crippen LogP contribution in [0.3, 0.4) is 0 Å². The summed E-state index contributed by atoms with van der Waals surface area (Å²) in [5.74, 6) is -0.378. The Morgan fingerprint density at radius 3 is 1.53 bits per heavy atom. The van der Waals surface area contributed by atoms with Gasteiger partial charge < -0.3 is 10.6 Å². The monoisotopic (exact) mass is 562 g/mol. The van der Waals surface area contributed by atoms with E-state index in [0.717, 1.165) is 46.8 Å². The molecule has 4 aromatic rings. The number of rotatable bonds is 11. The van der Waals surface area contributed by atoms with Crippen LogP contribution in [0.2, 0.25) is 10.3 Å². The maximum Gasteiger partial charge on any atom is 0.230 e. The van der Waals surface area contributed by atoms with Crippen LogP contribution >= 0.6 is 45.9 Å². The molecule has 14 heteroatoms. The van der Waals surface area contributed by atoms with Gasteiger partial charge >= 0.3 is 0 Å². The summed E-state index contributed by atoms with van der Waals surface area (Å²) in [7, 11) is 0. The SMILES string of the molecule is O=C(Cc1ccc(Cl)nc1)Nc1nnc(CCCCc2nnc(NC(=O)Cc3ccc(Cl)nc3)s2)s1. The highest BCUT2D eigenvalue weighted by atomic mass is 35.5. The van der Waals surface area contributed by atoms with Crippen molar-refractivity contribution in [2.24, 2.45) is 0 Å². The number of amides is 2. The van der Waals surface area contributed by atoms with Crippen molar-refractivity contribution in [3.05, 3.63) is 68.1 Å². The number of hydrogen-bond donors (Lipinski definition) is 2. The first kappa shape index (κ1) is 26.0. The molecule has 2 amide bonds. The lowest BCUT2D eigenvalue weighted by molar-refractivity contribution is -0.116. The summed E-state index contributed by atoms with van der Waals surface area (Å²) in [5, 5.41) is 25.3. The molecule has 2 N–H and O–H groups in total. The minimum atomic E-state index is -0.189. The highest BCUT2D eigenvalue weighted by Gasteiger charge is 2.11. The van der Waals surface area contributed by atoms with E-state index in [1.807, 2.05) is 0 Å². The van der Waals surface area contributed by atoms with Gasteiger partial charge in [-0.15, -0.1) is 20.4 Å². The number of hydrogen-bond acceptors (Lipinski definition) is 10. The topological polar surface area (TPSA) is 136 Å². The third-order valence-electron chi connectivity index (χ3n) is 4.76. The smallest absolute Gasteiger partial charge is 0.230 e. The Morgan fingerprint density at radius 2 is 1.14 bits per heavy atom. The number of pyridine rings is 2. The van der Waals surface area contributed by atoms with E-state index >= 15 is 0 Å². The molecule has 0 aliphatic heterocycles. The van der Waals surface area contributed by atoms with Gasteiger partial charge in [0.05, 0.1) is 12.8 Å². The third kappa shape index (κ3) is 8.26. The van der Waals surface area contributed by atoms with Gasteiger partial charge in [-0.2, -0.15) is 0 Å². The minimum absolute atomic E-state index is 0.182. The number of aryl methyl sites for hydroxylation is 2. The quantitative estimate of drug-likeness (QED) is 0.202. The normalized spacial score (nSPS) is 10.8. The Kier molecular flexibility index (Phi) is 9.23. The van der Waals surface area contributed by atoms with Gasteiger partial charge in [0, 0.05) is 25.2 Å². The molecule has 186 valence electrons. The second-order valence-corrected chi connectivity index (χ2v) is 10.5. The van der Waals surface area contributed by atoms with Crippen LogP contribution in [0.1, 0.15) is 34.0 Å². The third-order valence-corrected chi connectivity index (χ3v) is 7.01. The van der Waals surface area contributed by atoms with E-state index in [0.29, 0.717) is 20.6 Å². The van der Waals surface area contributed by atoms with Crippen LogP contribution in [0.4, 0.5) is 10.3 Å². The van der Waals surface area contributed by atoms with Crippen LogP contribution in [0.5, 0.6) is 0 Å². The van der Waals surface area contributed by atoms with E-state index in [1.165, 1.54) is 22.7 Å². The number of carbonyl (C=O) groups excluding carboxylic acids is 2. The molecule has 0 atom stereocenters.